The Labute approximate surface area is 50.1 Å². The molecule has 0 aliphatic carbocycles. The topological polar surface area (TPSA) is 34.1 Å². The zero-order valence-corrected chi connectivity index (χ0v) is 6.22. The van der Waals surface area contributed by atoms with E-state index in [2.05, 4.69) is 0 Å². The van der Waals surface area contributed by atoms with Crippen molar-refractivity contribution < 1.29 is 9.59 Å². The van der Waals surface area contributed by atoms with E-state index in [1.54, 1.807) is 0 Å². The molecule has 0 spiro atoms. The molecular formula is C5H8O2Si. The molecule has 1 heterocycles. The lowest BCUT2D eigenvalue weighted by molar-refractivity contribution is -0.115. The first-order valence-electron chi connectivity index (χ1n) is 2.74. The van der Waals surface area contributed by atoms with Crippen LogP contribution in [0.2, 0.25) is 0 Å². The molecule has 0 aromatic heterocycles. The van der Waals surface area contributed by atoms with Crippen LogP contribution in [0, 0.1) is 5.92 Å². The number of hydrogen-bond donors (Lipinski definition) is 0. The minimum Gasteiger partial charge on any atom is -0.306 e. The van der Waals surface area contributed by atoms with E-state index in [-0.39, 0.29) is 16.7 Å². The Balaban J connectivity index is 2.64. The van der Waals surface area contributed by atoms with Crippen LogP contribution in [0.4, 0.5) is 0 Å². The molecule has 8 heavy (non-hydrogen) atoms. The van der Waals surface area contributed by atoms with E-state index in [1.165, 1.54) is 0 Å². The van der Waals surface area contributed by atoms with E-state index in [1.807, 2.05) is 6.92 Å². The van der Waals surface area contributed by atoms with E-state index in [9.17, 15) is 9.59 Å². The minimum atomic E-state index is -0.933. The Kier molecular flexibility index (Phi) is 1.29. The zero-order valence-electron chi connectivity index (χ0n) is 4.81. The second-order valence-electron chi connectivity index (χ2n) is 2.29. The van der Waals surface area contributed by atoms with Crippen molar-refractivity contribution in [1.29, 1.82) is 0 Å². The van der Waals surface area contributed by atoms with Crippen molar-refractivity contribution in [1.82, 2.24) is 0 Å². The van der Waals surface area contributed by atoms with Crippen LogP contribution in [0.3, 0.4) is 0 Å². The third-order valence-corrected chi connectivity index (χ3v) is 3.18. The molecule has 0 saturated carbocycles. The highest BCUT2D eigenvalue weighted by Gasteiger charge is 2.26. The first-order valence-corrected chi connectivity index (χ1v) is 4.16. The predicted molar refractivity (Wildman–Crippen MR) is 32.3 cm³/mol. The molecule has 1 fully saturated rings. The SMILES string of the molecule is CC1CC(=O)[SiH2]C1=O. The van der Waals surface area contributed by atoms with Gasteiger partial charge in [0.05, 0.1) is 0 Å². The van der Waals surface area contributed by atoms with Gasteiger partial charge in [-0.2, -0.15) is 0 Å². The quantitative estimate of drug-likeness (QED) is 0.402. The average Bonchev–Trinajstić information content (AvgIpc) is 1.85. The van der Waals surface area contributed by atoms with Crippen molar-refractivity contribution in [3.05, 3.63) is 0 Å². The lowest BCUT2D eigenvalue weighted by Gasteiger charge is -1.90. The Bertz CT molecular complexity index is 141. The van der Waals surface area contributed by atoms with Crippen LogP contribution in [0.15, 0.2) is 0 Å². The Hall–Kier alpha value is -0.443. The Morgan fingerprint density at radius 2 is 2.25 bits per heavy atom. The third kappa shape index (κ3) is 0.864. The smallest absolute Gasteiger partial charge is 0.178 e. The molecule has 2 nitrogen and oxygen atoms in total. The van der Waals surface area contributed by atoms with Gasteiger partial charge >= 0.3 is 0 Å². The molecule has 0 N–H and O–H groups in total. The molecule has 1 saturated heterocycles. The van der Waals surface area contributed by atoms with E-state index < -0.39 is 9.52 Å². The lowest BCUT2D eigenvalue weighted by Crippen LogP contribution is -2.09. The van der Waals surface area contributed by atoms with E-state index >= 15 is 0 Å². The van der Waals surface area contributed by atoms with Crippen LogP contribution < -0.4 is 0 Å². The first kappa shape index (κ1) is 5.69. The van der Waals surface area contributed by atoms with Gasteiger partial charge in [0, 0.05) is 12.3 Å². The molecule has 44 valence electrons. The highest BCUT2D eigenvalue weighted by molar-refractivity contribution is 6.99. The highest BCUT2D eigenvalue weighted by Crippen LogP contribution is 2.09. The summed E-state index contributed by atoms with van der Waals surface area (Å²) in [5.41, 5.74) is 0. The van der Waals surface area contributed by atoms with Gasteiger partial charge in [-0.25, -0.2) is 0 Å². The van der Waals surface area contributed by atoms with Crippen LogP contribution in [0.5, 0.6) is 0 Å². The van der Waals surface area contributed by atoms with Crippen molar-refractivity contribution in [2.24, 2.45) is 5.92 Å². The molecule has 0 radical (unpaired) electrons. The van der Waals surface area contributed by atoms with Crippen LogP contribution in [0.1, 0.15) is 13.3 Å². The summed E-state index contributed by atoms with van der Waals surface area (Å²) in [4.78, 5) is 21.1. The van der Waals surface area contributed by atoms with Crippen molar-refractivity contribution in [2.45, 2.75) is 13.3 Å². The number of hydrogen-bond acceptors (Lipinski definition) is 2. The monoisotopic (exact) mass is 128 g/mol. The second-order valence-corrected chi connectivity index (χ2v) is 4.13. The zero-order chi connectivity index (χ0) is 6.15. The van der Waals surface area contributed by atoms with Crippen molar-refractivity contribution >= 4 is 20.3 Å². The molecule has 0 bridgehead atoms. The molecule has 3 heteroatoms. The van der Waals surface area contributed by atoms with E-state index in [0.717, 1.165) is 0 Å². The molecule has 1 rings (SSSR count). The van der Waals surface area contributed by atoms with Gasteiger partial charge in [0.1, 0.15) is 10.8 Å². The summed E-state index contributed by atoms with van der Waals surface area (Å²) in [5, 5.41) is 0.484. The van der Waals surface area contributed by atoms with Gasteiger partial charge in [-0.15, -0.1) is 0 Å². The summed E-state index contributed by atoms with van der Waals surface area (Å²) in [6.45, 7) is 1.83. The largest absolute Gasteiger partial charge is 0.306 e. The molecule has 1 unspecified atom stereocenters. The van der Waals surface area contributed by atoms with Gasteiger partial charge in [0.15, 0.2) is 9.52 Å². The maximum absolute atomic E-state index is 10.6. The fourth-order valence-electron chi connectivity index (χ4n) is 0.896. The maximum atomic E-state index is 10.6. The Morgan fingerprint density at radius 1 is 1.62 bits per heavy atom. The fourth-order valence-corrected chi connectivity index (χ4v) is 2.35. The summed E-state index contributed by atoms with van der Waals surface area (Å²) in [7, 11) is -0.933. The lowest BCUT2D eigenvalue weighted by atomic mass is 10.1. The normalized spacial score (nSPS) is 32.4. The van der Waals surface area contributed by atoms with E-state index in [0.29, 0.717) is 6.42 Å². The van der Waals surface area contributed by atoms with Crippen molar-refractivity contribution in [2.75, 3.05) is 0 Å². The molecule has 0 aromatic rings. The van der Waals surface area contributed by atoms with Crippen LogP contribution >= 0.6 is 0 Å². The van der Waals surface area contributed by atoms with Crippen LogP contribution in [-0.4, -0.2) is 20.3 Å². The van der Waals surface area contributed by atoms with Gasteiger partial charge in [-0.1, -0.05) is 6.92 Å². The molecule has 1 aliphatic heterocycles. The maximum Gasteiger partial charge on any atom is 0.178 e. The third-order valence-electron chi connectivity index (χ3n) is 1.45. The average molecular weight is 128 g/mol. The van der Waals surface area contributed by atoms with E-state index in [4.69, 9.17) is 0 Å². The second kappa shape index (κ2) is 1.82. The number of carbonyl (C=O) groups excluding carboxylic acids is 2. The van der Waals surface area contributed by atoms with Gasteiger partial charge in [-0.3, -0.25) is 0 Å². The fraction of sp³-hybridized carbons (Fsp3) is 0.600. The summed E-state index contributed by atoms with van der Waals surface area (Å²) >= 11 is 0. The molecule has 1 atom stereocenters. The molecule has 0 amide bonds. The molecule has 1 aliphatic rings. The predicted octanol–water partition coefficient (Wildman–Crippen LogP) is -0.752. The summed E-state index contributed by atoms with van der Waals surface area (Å²) in [6, 6.07) is 0. The van der Waals surface area contributed by atoms with Crippen molar-refractivity contribution in [3.8, 4) is 0 Å². The van der Waals surface area contributed by atoms with Crippen LogP contribution in [0.25, 0.3) is 0 Å². The van der Waals surface area contributed by atoms with Gasteiger partial charge in [0.2, 0.25) is 0 Å². The first-order chi connectivity index (χ1) is 3.70. The van der Waals surface area contributed by atoms with Crippen LogP contribution in [-0.2, 0) is 9.59 Å². The van der Waals surface area contributed by atoms with Crippen molar-refractivity contribution in [3.63, 3.8) is 0 Å². The number of carbonyl (C=O) groups is 2. The van der Waals surface area contributed by atoms with Gasteiger partial charge in [0.25, 0.3) is 0 Å². The number of rotatable bonds is 0. The molecule has 0 aromatic carbocycles. The standard InChI is InChI=1S/C5H8O2Si/c1-3-2-4(6)8-5(3)7/h3H,2,8H2,1H3. The summed E-state index contributed by atoms with van der Waals surface area (Å²) in [5.74, 6) is 0.0640. The Morgan fingerprint density at radius 3 is 2.38 bits per heavy atom. The van der Waals surface area contributed by atoms with Gasteiger partial charge in [-0.05, 0) is 0 Å². The minimum absolute atomic E-state index is 0.0640. The highest BCUT2D eigenvalue weighted by atomic mass is 28.2. The summed E-state index contributed by atoms with van der Waals surface area (Å²) < 4.78 is 0. The summed E-state index contributed by atoms with van der Waals surface area (Å²) in [6.07, 6.45) is 0.533. The molecular weight excluding hydrogens is 120 g/mol. The van der Waals surface area contributed by atoms with Gasteiger partial charge < -0.3 is 9.59 Å².